The van der Waals surface area contributed by atoms with Crippen LogP contribution in [0.15, 0.2) is 0 Å². The number of fused-ring (bicyclic) bond motifs is 3. The highest BCUT2D eigenvalue weighted by Gasteiger charge is 2.67. The van der Waals surface area contributed by atoms with Gasteiger partial charge in [-0.1, -0.05) is 20.3 Å². The third-order valence-corrected chi connectivity index (χ3v) is 10.6. The van der Waals surface area contributed by atoms with Gasteiger partial charge in [0.2, 0.25) is 0 Å². The van der Waals surface area contributed by atoms with E-state index in [1.807, 2.05) is 0 Å². The Kier molecular flexibility index (Phi) is 7.17. The SMILES string of the molecule is CS(=O)C[C@H]1[C@H]2CC[C@@]3(CC[C@@H]4[C@](C)(CN)CCC[C@@]4(C)[C@@H]3C2)[C@@H]1O.O=C(O)C(F)(F)F. The Hall–Kier alpha value is -0.670. The molecule has 1 unspecified atom stereocenters. The molecule has 5 nitrogen and oxygen atoms in total. The number of aliphatic hydroxyl groups is 1. The van der Waals surface area contributed by atoms with Crippen molar-refractivity contribution in [1.29, 1.82) is 0 Å². The first-order valence-electron chi connectivity index (χ1n) is 11.7. The van der Waals surface area contributed by atoms with Gasteiger partial charge in [0, 0.05) is 22.8 Å². The number of rotatable bonds is 3. The van der Waals surface area contributed by atoms with E-state index in [0.29, 0.717) is 28.9 Å². The summed E-state index contributed by atoms with van der Waals surface area (Å²) in [6.07, 6.45) is 6.43. The minimum Gasteiger partial charge on any atom is -0.475 e. The number of aliphatic carboxylic acids is 1. The zero-order chi connectivity index (χ0) is 24.1. The molecule has 4 N–H and O–H groups in total. The van der Waals surface area contributed by atoms with E-state index in [4.69, 9.17) is 15.6 Å². The van der Waals surface area contributed by atoms with Crippen molar-refractivity contribution in [3.63, 3.8) is 0 Å². The van der Waals surface area contributed by atoms with Gasteiger partial charge >= 0.3 is 12.1 Å². The van der Waals surface area contributed by atoms with Crippen molar-refractivity contribution >= 4 is 16.8 Å². The lowest BCUT2D eigenvalue weighted by Gasteiger charge is -2.70. The van der Waals surface area contributed by atoms with Crippen LogP contribution >= 0.6 is 0 Å². The van der Waals surface area contributed by atoms with Crippen molar-refractivity contribution in [2.45, 2.75) is 77.5 Å². The molecular formula is C23H38F3NO4S. The van der Waals surface area contributed by atoms with Crippen LogP contribution in [0.1, 0.15) is 65.2 Å². The third kappa shape index (κ3) is 4.26. The summed E-state index contributed by atoms with van der Waals surface area (Å²) in [6.45, 7) is 5.76. The van der Waals surface area contributed by atoms with Crippen LogP contribution in [-0.2, 0) is 15.6 Å². The molecule has 1 spiro atoms. The van der Waals surface area contributed by atoms with Gasteiger partial charge in [0.25, 0.3) is 0 Å². The van der Waals surface area contributed by atoms with Crippen molar-refractivity contribution in [3.8, 4) is 0 Å². The second-order valence-electron chi connectivity index (χ2n) is 11.3. The van der Waals surface area contributed by atoms with Gasteiger partial charge in [-0.3, -0.25) is 4.21 Å². The normalized spacial score (nSPS) is 46.3. The van der Waals surface area contributed by atoms with E-state index in [1.54, 1.807) is 6.26 Å². The fraction of sp³-hybridized carbons (Fsp3) is 0.957. The smallest absolute Gasteiger partial charge is 0.475 e. The minimum atomic E-state index is -5.08. The molecule has 32 heavy (non-hydrogen) atoms. The summed E-state index contributed by atoms with van der Waals surface area (Å²) >= 11 is 0. The number of alkyl halides is 3. The molecule has 5 saturated carbocycles. The molecule has 5 aliphatic rings. The predicted octanol–water partition coefficient (Wildman–Crippen LogP) is 3.96. The Bertz CT molecular complexity index is 749. The van der Waals surface area contributed by atoms with E-state index in [-0.39, 0.29) is 22.9 Å². The largest absolute Gasteiger partial charge is 0.490 e. The molecule has 5 fully saturated rings. The van der Waals surface area contributed by atoms with Crippen LogP contribution in [0.5, 0.6) is 0 Å². The summed E-state index contributed by atoms with van der Waals surface area (Å²) in [6, 6.07) is 0. The second kappa shape index (κ2) is 8.84. The maximum atomic E-state index is 11.9. The summed E-state index contributed by atoms with van der Waals surface area (Å²) in [4.78, 5) is 8.90. The number of nitrogens with two attached hydrogens (primary N) is 1. The minimum absolute atomic E-state index is 0.0941. The molecule has 5 rings (SSSR count). The van der Waals surface area contributed by atoms with E-state index in [9.17, 15) is 22.5 Å². The van der Waals surface area contributed by atoms with Crippen molar-refractivity contribution in [2.75, 3.05) is 18.6 Å². The lowest BCUT2D eigenvalue weighted by molar-refractivity contribution is -0.239. The van der Waals surface area contributed by atoms with Gasteiger partial charge < -0.3 is 15.9 Å². The Morgan fingerprint density at radius 1 is 1.12 bits per heavy atom. The Morgan fingerprint density at radius 2 is 1.72 bits per heavy atom. The number of hydrogen-bond acceptors (Lipinski definition) is 4. The molecule has 0 aromatic heterocycles. The highest BCUT2D eigenvalue weighted by molar-refractivity contribution is 7.84. The van der Waals surface area contributed by atoms with Crippen molar-refractivity contribution in [1.82, 2.24) is 0 Å². The molecule has 9 atom stereocenters. The fourth-order valence-electron chi connectivity index (χ4n) is 8.35. The zero-order valence-corrected chi connectivity index (χ0v) is 20.1. The van der Waals surface area contributed by atoms with Crippen LogP contribution in [0.4, 0.5) is 13.2 Å². The van der Waals surface area contributed by atoms with Crippen molar-refractivity contribution in [2.24, 2.45) is 45.7 Å². The van der Waals surface area contributed by atoms with E-state index in [1.165, 1.54) is 44.9 Å². The molecule has 0 aliphatic heterocycles. The van der Waals surface area contributed by atoms with Crippen molar-refractivity contribution < 1.29 is 32.4 Å². The molecule has 0 aromatic rings. The zero-order valence-electron chi connectivity index (χ0n) is 19.3. The average molecular weight is 482 g/mol. The van der Waals surface area contributed by atoms with Gasteiger partial charge in [0.1, 0.15) is 0 Å². The Labute approximate surface area is 191 Å². The van der Waals surface area contributed by atoms with Crippen LogP contribution in [-0.4, -0.2) is 51.2 Å². The van der Waals surface area contributed by atoms with E-state index >= 15 is 0 Å². The fourth-order valence-corrected chi connectivity index (χ4v) is 9.35. The van der Waals surface area contributed by atoms with Crippen LogP contribution in [0, 0.1) is 39.9 Å². The molecular weight excluding hydrogens is 443 g/mol. The molecule has 5 aliphatic carbocycles. The van der Waals surface area contributed by atoms with Crippen LogP contribution in [0.25, 0.3) is 0 Å². The number of hydrogen-bond donors (Lipinski definition) is 3. The van der Waals surface area contributed by atoms with Gasteiger partial charge in [-0.2, -0.15) is 13.2 Å². The predicted molar refractivity (Wildman–Crippen MR) is 117 cm³/mol. The first kappa shape index (κ1) is 25.9. The maximum absolute atomic E-state index is 11.9. The average Bonchev–Trinajstić information content (AvgIpc) is 2.70. The lowest BCUT2D eigenvalue weighted by atomic mass is 9.35. The standard InChI is InChI=1S/C21H37NO2S.C2HF3O2/c1-19(13-22)7-4-8-20(2)16(19)6-10-21-9-5-14(11-17(20)21)15(18(21)23)12-25(3)24;3-2(4,5)1(6)7/h14-18,23H,4-13,22H2,1-3H3;(H,6,7)/t14-,15-,16+,17-,18+,19-,20+,21-,25?;/m0./s1. The topological polar surface area (TPSA) is 101 Å². The lowest BCUT2D eigenvalue weighted by Crippen LogP contribution is -2.67. The van der Waals surface area contributed by atoms with Crippen LogP contribution in [0.3, 0.4) is 0 Å². The molecule has 0 radical (unpaired) electrons. The molecule has 0 amide bonds. The molecule has 0 heterocycles. The third-order valence-electron chi connectivity index (χ3n) is 9.74. The Balaban J connectivity index is 0.000000360. The van der Waals surface area contributed by atoms with Gasteiger partial charge in [-0.05, 0) is 91.4 Å². The summed E-state index contributed by atoms with van der Waals surface area (Å²) in [7, 11) is -0.810. The van der Waals surface area contributed by atoms with E-state index < -0.39 is 22.9 Å². The molecule has 9 heteroatoms. The molecule has 186 valence electrons. The molecule has 0 aromatic carbocycles. The van der Waals surface area contributed by atoms with Crippen LogP contribution < -0.4 is 5.73 Å². The summed E-state index contributed by atoms with van der Waals surface area (Å²) in [5.74, 6) is 0.126. The number of aliphatic hydroxyl groups excluding tert-OH is 1. The molecule has 0 saturated heterocycles. The molecule has 2 bridgehead atoms. The van der Waals surface area contributed by atoms with Gasteiger partial charge in [-0.15, -0.1) is 0 Å². The quantitative estimate of drug-likeness (QED) is 0.567. The van der Waals surface area contributed by atoms with E-state index in [2.05, 4.69) is 13.8 Å². The Morgan fingerprint density at radius 3 is 2.25 bits per heavy atom. The number of halogens is 3. The first-order valence-corrected chi connectivity index (χ1v) is 13.4. The number of carboxylic acids is 1. The highest BCUT2D eigenvalue weighted by Crippen LogP contribution is 2.72. The summed E-state index contributed by atoms with van der Waals surface area (Å²) in [5, 5.41) is 18.6. The van der Waals surface area contributed by atoms with Gasteiger partial charge in [-0.25, -0.2) is 4.79 Å². The monoisotopic (exact) mass is 481 g/mol. The van der Waals surface area contributed by atoms with Gasteiger partial charge in [0.05, 0.1) is 6.10 Å². The second-order valence-corrected chi connectivity index (χ2v) is 12.8. The number of carboxylic acid groups (broad SMARTS) is 1. The van der Waals surface area contributed by atoms with E-state index in [0.717, 1.165) is 13.0 Å². The van der Waals surface area contributed by atoms with Crippen molar-refractivity contribution in [3.05, 3.63) is 0 Å². The number of carbonyl (C=O) groups is 1. The highest BCUT2D eigenvalue weighted by atomic mass is 32.2. The maximum Gasteiger partial charge on any atom is 0.490 e. The van der Waals surface area contributed by atoms with Crippen LogP contribution in [0.2, 0.25) is 0 Å². The summed E-state index contributed by atoms with van der Waals surface area (Å²) in [5.41, 5.74) is 6.97. The first-order chi connectivity index (χ1) is 14.7. The summed E-state index contributed by atoms with van der Waals surface area (Å²) < 4.78 is 43.6. The van der Waals surface area contributed by atoms with Gasteiger partial charge in [0.15, 0.2) is 0 Å².